The summed E-state index contributed by atoms with van der Waals surface area (Å²) in [4.78, 5) is 57.4. The van der Waals surface area contributed by atoms with Crippen LogP contribution >= 0.6 is 11.5 Å². The zero-order chi connectivity index (χ0) is 47.4. The van der Waals surface area contributed by atoms with Gasteiger partial charge in [0.1, 0.15) is 41.4 Å². The molecule has 0 spiro atoms. The molecule has 0 bridgehead atoms. The van der Waals surface area contributed by atoms with Crippen molar-refractivity contribution >= 4 is 35.2 Å². The third-order valence-corrected chi connectivity index (χ3v) is 14.1. The van der Waals surface area contributed by atoms with Gasteiger partial charge < -0.3 is 38.4 Å². The molecular weight excluding hydrogens is 861 g/mol. The van der Waals surface area contributed by atoms with E-state index in [9.17, 15) is 24.3 Å². The van der Waals surface area contributed by atoms with Gasteiger partial charge in [0.15, 0.2) is 17.7 Å². The highest BCUT2D eigenvalue weighted by molar-refractivity contribution is 7.03. The molecule has 1 aromatic carbocycles. The maximum atomic E-state index is 14.4. The number of ether oxygens (including phenoxy) is 6. The number of aliphatic hydroxyl groups excluding tert-OH is 1. The van der Waals surface area contributed by atoms with Crippen molar-refractivity contribution in [1.29, 1.82) is 0 Å². The number of methoxy groups -OCH3 is 1. The summed E-state index contributed by atoms with van der Waals surface area (Å²) in [6.45, 7) is 15.2. The molecule has 5 heterocycles. The number of cyclic esters (lactones) is 1. The molecule has 3 aliphatic rings. The maximum Gasteiger partial charge on any atom is 0.425 e. The number of aromatic nitrogens is 5. The van der Waals surface area contributed by atoms with Gasteiger partial charge in [0.05, 0.1) is 30.1 Å². The predicted molar refractivity (Wildman–Crippen MR) is 237 cm³/mol. The van der Waals surface area contributed by atoms with Crippen molar-refractivity contribution in [3.05, 3.63) is 41.5 Å². The van der Waals surface area contributed by atoms with Crippen molar-refractivity contribution in [3.63, 3.8) is 0 Å². The number of benzene rings is 1. The van der Waals surface area contributed by atoms with Crippen LogP contribution in [0.4, 0.5) is 4.79 Å². The fraction of sp³-hybridized carbons (Fsp3) is 0.689. The van der Waals surface area contributed by atoms with Crippen LogP contribution in [0.25, 0.3) is 11.3 Å². The summed E-state index contributed by atoms with van der Waals surface area (Å²) >= 11 is 1.31. The molecular formula is C45H66N8O11S. The number of carbonyl (C=O) groups excluding carboxylic acids is 4. The Morgan fingerprint density at radius 2 is 1.75 bits per heavy atom. The van der Waals surface area contributed by atoms with Gasteiger partial charge in [-0.05, 0) is 89.8 Å². The lowest BCUT2D eigenvalue weighted by molar-refractivity contribution is -0.296. The first kappa shape index (κ1) is 50.0. The Bertz CT molecular complexity index is 2090. The van der Waals surface area contributed by atoms with Crippen molar-refractivity contribution in [3.8, 4) is 17.0 Å². The van der Waals surface area contributed by atoms with Crippen LogP contribution in [-0.4, -0.2) is 145 Å². The molecule has 20 heteroatoms. The number of Topliss-reactive ketones (excluding diaryl/α,β-unsaturated/α-hetero) is 2. The first-order valence-corrected chi connectivity index (χ1v) is 23.3. The fourth-order valence-electron chi connectivity index (χ4n) is 9.78. The molecule has 3 fully saturated rings. The third-order valence-electron chi connectivity index (χ3n) is 13.6. The minimum absolute atomic E-state index is 0.0730. The van der Waals surface area contributed by atoms with Crippen molar-refractivity contribution in [2.75, 3.05) is 27.3 Å². The summed E-state index contributed by atoms with van der Waals surface area (Å²) in [7, 11) is 3.38. The summed E-state index contributed by atoms with van der Waals surface area (Å²) in [6, 6.07) is 6.35. The second-order valence-corrected chi connectivity index (χ2v) is 19.0. The van der Waals surface area contributed by atoms with Gasteiger partial charge >= 0.3 is 12.1 Å². The number of ketones is 2. The highest BCUT2D eigenvalue weighted by Crippen LogP contribution is 2.42. The Labute approximate surface area is 384 Å². The third kappa shape index (κ3) is 10.9. The Kier molecular flexibility index (Phi) is 16.2. The molecule has 0 saturated carbocycles. The number of nitrogens with zero attached hydrogens (tertiary/aromatic N) is 7. The number of nitrogens with two attached hydrogens (primary N) is 1. The maximum absolute atomic E-state index is 14.4. The molecule has 1 amide bonds. The van der Waals surface area contributed by atoms with E-state index in [0.29, 0.717) is 32.5 Å². The first-order chi connectivity index (χ1) is 30.8. The quantitative estimate of drug-likeness (QED) is 0.0756. The minimum atomic E-state index is -1.49. The number of likely N-dealkylation sites (N-methyl/N-ethyl adjacent to an activating group) is 1. The van der Waals surface area contributed by atoms with Crippen LogP contribution in [0, 0.1) is 23.7 Å². The zero-order valence-electron chi connectivity index (χ0n) is 39.1. The summed E-state index contributed by atoms with van der Waals surface area (Å²) < 4.78 is 42.5. The Balaban J connectivity index is 1.12. The van der Waals surface area contributed by atoms with Crippen LogP contribution in [0.5, 0.6) is 5.75 Å². The van der Waals surface area contributed by atoms with Crippen LogP contribution in [0.1, 0.15) is 86.8 Å². The number of hydrogen-bond donors (Lipinski definition) is 2. The van der Waals surface area contributed by atoms with Crippen molar-refractivity contribution in [2.45, 2.75) is 148 Å². The van der Waals surface area contributed by atoms with Crippen LogP contribution in [0.2, 0.25) is 0 Å². The number of aryl methyl sites for hydroxylation is 1. The lowest BCUT2D eigenvalue weighted by Crippen LogP contribution is -2.61. The topological polar surface area (TPSA) is 233 Å². The lowest BCUT2D eigenvalue weighted by Gasteiger charge is -2.47. The van der Waals surface area contributed by atoms with Gasteiger partial charge in [-0.3, -0.25) is 19.1 Å². The van der Waals surface area contributed by atoms with Crippen molar-refractivity contribution in [2.24, 2.45) is 29.5 Å². The van der Waals surface area contributed by atoms with Gasteiger partial charge in [0.25, 0.3) is 0 Å². The molecule has 19 nitrogen and oxygen atoms in total. The Morgan fingerprint density at radius 3 is 2.42 bits per heavy atom. The number of esters is 1. The largest absolute Gasteiger partial charge is 0.494 e. The summed E-state index contributed by atoms with van der Waals surface area (Å²) in [5.41, 5.74) is -0.204. The van der Waals surface area contributed by atoms with E-state index in [1.165, 1.54) is 25.6 Å². The number of aliphatic hydroxyl groups is 1. The van der Waals surface area contributed by atoms with Gasteiger partial charge in [-0.25, -0.2) is 15.6 Å². The van der Waals surface area contributed by atoms with Crippen LogP contribution in [0.15, 0.2) is 35.8 Å². The summed E-state index contributed by atoms with van der Waals surface area (Å²) in [6.07, 6.45) is -1.73. The number of hydrogen-bond acceptors (Lipinski definition) is 18. The molecule has 0 unspecified atom stereocenters. The Hall–Kier alpha value is -4.44. The van der Waals surface area contributed by atoms with Gasteiger partial charge in [0, 0.05) is 74.0 Å². The Morgan fingerprint density at radius 1 is 1.03 bits per heavy atom. The number of hydrazine groups is 1. The number of carbonyl (C=O) groups is 4. The molecule has 3 N–H and O–H groups in total. The predicted octanol–water partition coefficient (Wildman–Crippen LogP) is 4.26. The average molecular weight is 927 g/mol. The monoisotopic (exact) mass is 926 g/mol. The van der Waals surface area contributed by atoms with E-state index in [1.54, 1.807) is 46.2 Å². The van der Waals surface area contributed by atoms with E-state index in [4.69, 9.17) is 34.3 Å². The smallest absolute Gasteiger partial charge is 0.425 e. The van der Waals surface area contributed by atoms with E-state index < -0.39 is 89.4 Å². The van der Waals surface area contributed by atoms with E-state index in [0.717, 1.165) is 34.1 Å². The number of fused-ring (bicyclic) bond motifs is 1. The molecule has 2 aromatic heterocycles. The average Bonchev–Trinajstić information content (AvgIpc) is 4.05. The molecule has 3 aromatic rings. The van der Waals surface area contributed by atoms with Crippen LogP contribution in [-0.2, 0) is 51.0 Å². The fourth-order valence-corrected chi connectivity index (χ4v) is 10.2. The van der Waals surface area contributed by atoms with Gasteiger partial charge in [-0.15, -0.1) is 10.2 Å². The van der Waals surface area contributed by atoms with Crippen molar-refractivity contribution in [1.82, 2.24) is 34.5 Å². The number of rotatable bonds is 14. The molecule has 13 atom stereocenters. The highest BCUT2D eigenvalue weighted by atomic mass is 32.1. The minimum Gasteiger partial charge on any atom is -0.494 e. The first-order valence-electron chi connectivity index (χ1n) is 22.5. The SMILES string of the molecule is CC[C@H]1OC(=O)[C@H](C)C(=O)[C@@H](C)[C@@H](O[C@@H]2O[C@H](C)C[C@H](N(C)CCc3cn(CCCOc4ccc(-c5csnn5)cc4)nn3)[C@H]2O)[C@](C)(OC)C[C@@H](C)C(=O)[C@H](C)[C@H]2N(N)C(=O)O[C@]12C. The zero-order valence-corrected chi connectivity index (χ0v) is 39.9. The van der Waals surface area contributed by atoms with E-state index >= 15 is 0 Å². The second kappa shape index (κ2) is 21.0. The van der Waals surface area contributed by atoms with E-state index in [-0.39, 0.29) is 24.7 Å². The normalized spacial score (nSPS) is 34.0. The van der Waals surface area contributed by atoms with Gasteiger partial charge in [0.2, 0.25) is 0 Å². The van der Waals surface area contributed by atoms with Crippen molar-refractivity contribution < 1.29 is 52.7 Å². The standard InChI is InChI=1S/C45H66N8O11S/c1-11-35-45(8)39(53(46)43(58)64-45)27(4)36(54)25(2)22-44(7,59-10)40(28(5)37(55)29(6)41(57)62-35)63-42-38(56)34(21-26(3)61-42)51(9)19-17-31-23-52(49-47-31)18-12-20-60-32-15-13-30(14-16-32)33-24-65-50-48-33/h13-16,23-29,34-35,38-40,42,56H,11-12,17-22,46H2,1-10H3/t25-,26-,27+,28-,29-,34+,35-,38-,39-,40-,42+,44-,45-/m1/s1. The number of amides is 1. The molecule has 358 valence electrons. The molecule has 3 saturated heterocycles. The molecule has 0 aliphatic carbocycles. The van der Waals surface area contributed by atoms with Crippen LogP contribution in [0.3, 0.4) is 0 Å². The highest BCUT2D eigenvalue weighted by Gasteiger charge is 2.60. The summed E-state index contributed by atoms with van der Waals surface area (Å²) in [5, 5.41) is 27.5. The van der Waals surface area contributed by atoms with E-state index in [2.05, 4.69) is 19.9 Å². The lowest BCUT2D eigenvalue weighted by atomic mass is 9.73. The molecule has 6 rings (SSSR count). The van der Waals surface area contributed by atoms with E-state index in [1.807, 2.05) is 54.7 Å². The van der Waals surface area contributed by atoms with Crippen LogP contribution < -0.4 is 10.6 Å². The molecule has 0 radical (unpaired) electrons. The molecule has 3 aliphatic heterocycles. The second-order valence-electron chi connectivity index (χ2n) is 18.3. The molecule has 65 heavy (non-hydrogen) atoms. The van der Waals surface area contributed by atoms with Gasteiger partial charge in [-0.2, -0.15) is 0 Å². The summed E-state index contributed by atoms with van der Waals surface area (Å²) in [5.74, 6) is 1.61. The van der Waals surface area contributed by atoms with Gasteiger partial charge in [-0.1, -0.05) is 37.4 Å².